The Morgan fingerprint density at radius 1 is 1.33 bits per heavy atom. The third-order valence-corrected chi connectivity index (χ3v) is 1.67. The molecule has 0 aliphatic heterocycles. The number of hydrogen-bond donors (Lipinski definition) is 0. The lowest BCUT2D eigenvalue weighted by molar-refractivity contribution is -0.143. The van der Waals surface area contributed by atoms with E-state index in [1.807, 2.05) is 13.8 Å². The number of rotatable bonds is 7. The summed E-state index contributed by atoms with van der Waals surface area (Å²) < 4.78 is 10.3. The summed E-state index contributed by atoms with van der Waals surface area (Å²) in [6.45, 7) is 10.6. The predicted octanol–water partition coefficient (Wildman–Crippen LogP) is 2.60. The molecule has 0 heterocycles. The van der Waals surface area contributed by atoms with Gasteiger partial charge in [0.2, 0.25) is 0 Å². The highest BCUT2D eigenvalue weighted by atomic mass is 16.5. The summed E-state index contributed by atoms with van der Waals surface area (Å²) in [7, 11) is 0. The molecule has 3 nitrogen and oxygen atoms in total. The van der Waals surface area contributed by atoms with E-state index in [1.54, 1.807) is 18.4 Å². The van der Waals surface area contributed by atoms with E-state index in [9.17, 15) is 4.79 Å². The Bertz CT molecular complexity index is 243. The minimum absolute atomic E-state index is 0.00573. The lowest BCUT2D eigenvalue weighted by Crippen LogP contribution is -2.19. The zero-order chi connectivity index (χ0) is 11.7. The van der Waals surface area contributed by atoms with Crippen LogP contribution < -0.4 is 0 Å². The average Bonchev–Trinajstić information content (AvgIpc) is 2.17. The highest BCUT2D eigenvalue weighted by Crippen LogP contribution is 2.06. The molecule has 2 atom stereocenters. The summed E-state index contributed by atoms with van der Waals surface area (Å²) >= 11 is 0. The molecule has 0 unspecified atom stereocenters. The smallest absolute Gasteiger partial charge is 0.330 e. The van der Waals surface area contributed by atoms with Crippen LogP contribution in [0.5, 0.6) is 0 Å². The SMILES string of the molecule is C=C/C=C/O[C@@H](C)C[C@H](C)OC(=O)C=C. The van der Waals surface area contributed by atoms with Gasteiger partial charge in [0.05, 0.1) is 12.4 Å². The van der Waals surface area contributed by atoms with Crippen LogP contribution in [0.15, 0.2) is 37.6 Å². The monoisotopic (exact) mass is 210 g/mol. The van der Waals surface area contributed by atoms with Gasteiger partial charge in [0.15, 0.2) is 0 Å². The molecule has 0 fully saturated rings. The van der Waals surface area contributed by atoms with Crippen molar-refractivity contribution in [3.8, 4) is 0 Å². The minimum atomic E-state index is -0.406. The van der Waals surface area contributed by atoms with Crippen LogP contribution in [0, 0.1) is 0 Å². The van der Waals surface area contributed by atoms with Gasteiger partial charge in [0.1, 0.15) is 6.10 Å². The lowest BCUT2D eigenvalue weighted by Gasteiger charge is -2.16. The normalized spacial score (nSPS) is 14.3. The van der Waals surface area contributed by atoms with Crippen molar-refractivity contribution in [2.75, 3.05) is 0 Å². The first-order chi connectivity index (χ1) is 7.10. The molecule has 0 spiro atoms. The zero-order valence-corrected chi connectivity index (χ0v) is 9.31. The van der Waals surface area contributed by atoms with Gasteiger partial charge in [0, 0.05) is 12.5 Å². The van der Waals surface area contributed by atoms with Crippen molar-refractivity contribution in [1.29, 1.82) is 0 Å². The fourth-order valence-corrected chi connectivity index (χ4v) is 1.05. The largest absolute Gasteiger partial charge is 0.498 e. The van der Waals surface area contributed by atoms with E-state index in [4.69, 9.17) is 9.47 Å². The number of carbonyl (C=O) groups is 1. The van der Waals surface area contributed by atoms with E-state index >= 15 is 0 Å². The summed E-state index contributed by atoms with van der Waals surface area (Å²) in [4.78, 5) is 10.9. The Kier molecular flexibility index (Phi) is 7.06. The molecule has 15 heavy (non-hydrogen) atoms. The number of hydrogen-bond acceptors (Lipinski definition) is 3. The average molecular weight is 210 g/mol. The van der Waals surface area contributed by atoms with E-state index in [1.165, 1.54) is 0 Å². The second-order valence-corrected chi connectivity index (χ2v) is 3.20. The topological polar surface area (TPSA) is 35.5 Å². The molecule has 0 saturated heterocycles. The summed E-state index contributed by atoms with van der Waals surface area (Å²) in [6, 6.07) is 0. The first-order valence-electron chi connectivity index (χ1n) is 4.86. The third-order valence-electron chi connectivity index (χ3n) is 1.67. The molecule has 0 aliphatic carbocycles. The van der Waals surface area contributed by atoms with Gasteiger partial charge in [-0.1, -0.05) is 19.2 Å². The minimum Gasteiger partial charge on any atom is -0.498 e. The molecule has 0 bridgehead atoms. The van der Waals surface area contributed by atoms with Crippen LogP contribution >= 0.6 is 0 Å². The predicted molar refractivity (Wildman–Crippen MR) is 60.3 cm³/mol. The zero-order valence-electron chi connectivity index (χ0n) is 9.31. The maximum absolute atomic E-state index is 10.9. The molecule has 0 saturated carbocycles. The maximum atomic E-state index is 10.9. The molecule has 0 amide bonds. The van der Waals surface area contributed by atoms with Gasteiger partial charge >= 0.3 is 5.97 Å². The Balaban J connectivity index is 3.79. The van der Waals surface area contributed by atoms with Crippen molar-refractivity contribution >= 4 is 5.97 Å². The van der Waals surface area contributed by atoms with Crippen molar-refractivity contribution in [3.05, 3.63) is 37.6 Å². The summed E-state index contributed by atoms with van der Waals surface area (Å²) in [6.07, 6.45) is 6.52. The van der Waals surface area contributed by atoms with Gasteiger partial charge < -0.3 is 9.47 Å². The fourth-order valence-electron chi connectivity index (χ4n) is 1.05. The molecule has 3 heteroatoms. The first-order valence-corrected chi connectivity index (χ1v) is 4.86. The summed E-state index contributed by atoms with van der Waals surface area (Å²) in [5.74, 6) is -0.406. The summed E-state index contributed by atoms with van der Waals surface area (Å²) in [5, 5.41) is 0. The Hall–Kier alpha value is -1.51. The van der Waals surface area contributed by atoms with Crippen LogP contribution in [-0.2, 0) is 14.3 Å². The molecule has 0 radical (unpaired) electrons. The number of esters is 1. The van der Waals surface area contributed by atoms with E-state index in [0.29, 0.717) is 6.42 Å². The molecular formula is C12H18O3. The molecule has 0 aromatic carbocycles. The number of ether oxygens (including phenoxy) is 2. The second-order valence-electron chi connectivity index (χ2n) is 3.20. The molecule has 0 aliphatic rings. The van der Waals surface area contributed by atoms with Crippen LogP contribution in [0.3, 0.4) is 0 Å². The molecule has 0 rings (SSSR count). The van der Waals surface area contributed by atoms with Gasteiger partial charge in [0.25, 0.3) is 0 Å². The Labute approximate surface area is 91.1 Å². The highest BCUT2D eigenvalue weighted by Gasteiger charge is 2.11. The molecule has 0 aromatic rings. The summed E-state index contributed by atoms with van der Waals surface area (Å²) in [5.41, 5.74) is 0. The second kappa shape index (κ2) is 7.85. The van der Waals surface area contributed by atoms with E-state index in [0.717, 1.165) is 6.08 Å². The van der Waals surface area contributed by atoms with Gasteiger partial charge in [-0.3, -0.25) is 0 Å². The molecule has 0 N–H and O–H groups in total. The van der Waals surface area contributed by atoms with E-state index in [-0.39, 0.29) is 12.2 Å². The van der Waals surface area contributed by atoms with Gasteiger partial charge in [-0.15, -0.1) is 0 Å². The van der Waals surface area contributed by atoms with Crippen molar-refractivity contribution in [2.45, 2.75) is 32.5 Å². The van der Waals surface area contributed by atoms with E-state index < -0.39 is 5.97 Å². The standard InChI is InChI=1S/C12H18O3/c1-5-7-8-14-10(3)9-11(4)15-12(13)6-2/h5-8,10-11H,1-2,9H2,3-4H3/b8-7+/t10-,11-/m0/s1. The van der Waals surface area contributed by atoms with E-state index in [2.05, 4.69) is 13.2 Å². The Morgan fingerprint density at radius 2 is 2.00 bits per heavy atom. The molecule has 84 valence electrons. The van der Waals surface area contributed by atoms with Crippen LogP contribution in [0.4, 0.5) is 0 Å². The van der Waals surface area contributed by atoms with Crippen molar-refractivity contribution < 1.29 is 14.3 Å². The highest BCUT2D eigenvalue weighted by molar-refractivity contribution is 5.81. The van der Waals surface area contributed by atoms with Crippen molar-refractivity contribution in [3.63, 3.8) is 0 Å². The van der Waals surface area contributed by atoms with Gasteiger partial charge in [-0.05, 0) is 19.9 Å². The van der Waals surface area contributed by atoms with Crippen molar-refractivity contribution in [2.24, 2.45) is 0 Å². The van der Waals surface area contributed by atoms with Crippen molar-refractivity contribution in [1.82, 2.24) is 0 Å². The maximum Gasteiger partial charge on any atom is 0.330 e. The fraction of sp³-hybridized carbons (Fsp3) is 0.417. The number of carbonyl (C=O) groups excluding carboxylic acids is 1. The molecular weight excluding hydrogens is 192 g/mol. The Morgan fingerprint density at radius 3 is 2.53 bits per heavy atom. The van der Waals surface area contributed by atoms with Gasteiger partial charge in [-0.25, -0.2) is 4.79 Å². The quantitative estimate of drug-likeness (QED) is 0.280. The number of allylic oxidation sites excluding steroid dienone is 2. The molecule has 0 aromatic heterocycles. The van der Waals surface area contributed by atoms with Crippen LogP contribution in [0.2, 0.25) is 0 Å². The first kappa shape index (κ1) is 13.5. The van der Waals surface area contributed by atoms with Crippen LogP contribution in [-0.4, -0.2) is 18.2 Å². The third kappa shape index (κ3) is 7.55. The van der Waals surface area contributed by atoms with Gasteiger partial charge in [-0.2, -0.15) is 0 Å². The lowest BCUT2D eigenvalue weighted by atomic mass is 10.2. The van der Waals surface area contributed by atoms with Crippen LogP contribution in [0.25, 0.3) is 0 Å². The van der Waals surface area contributed by atoms with Crippen LogP contribution in [0.1, 0.15) is 20.3 Å².